The van der Waals surface area contributed by atoms with Crippen LogP contribution in [0, 0.1) is 5.92 Å². The van der Waals surface area contributed by atoms with Gasteiger partial charge in [0.25, 0.3) is 0 Å². The first-order valence-electron chi connectivity index (χ1n) is 10.7. The molecular formula is C20H39N5O2. The van der Waals surface area contributed by atoms with E-state index < -0.39 is 0 Å². The van der Waals surface area contributed by atoms with Crippen molar-refractivity contribution in [2.75, 3.05) is 45.8 Å². The largest absolute Gasteiger partial charge is 0.393 e. The molecule has 2 heterocycles. The molecule has 2 aliphatic rings. The van der Waals surface area contributed by atoms with Gasteiger partial charge in [-0.3, -0.25) is 9.79 Å². The Balaban J connectivity index is 1.70. The van der Waals surface area contributed by atoms with Crippen molar-refractivity contribution in [1.29, 1.82) is 0 Å². The highest BCUT2D eigenvalue weighted by Crippen LogP contribution is 2.13. The van der Waals surface area contributed by atoms with E-state index in [1.165, 1.54) is 0 Å². The monoisotopic (exact) mass is 381 g/mol. The molecule has 0 aromatic heterocycles. The molecule has 2 aliphatic heterocycles. The van der Waals surface area contributed by atoms with Crippen LogP contribution in [0.5, 0.6) is 0 Å². The van der Waals surface area contributed by atoms with Gasteiger partial charge >= 0.3 is 0 Å². The Morgan fingerprint density at radius 1 is 1.15 bits per heavy atom. The molecule has 7 nitrogen and oxygen atoms in total. The number of amides is 1. The maximum Gasteiger partial charge on any atom is 0.225 e. The summed E-state index contributed by atoms with van der Waals surface area (Å²) < 4.78 is 0. The summed E-state index contributed by atoms with van der Waals surface area (Å²) in [4.78, 5) is 21.2. The van der Waals surface area contributed by atoms with E-state index in [-0.39, 0.29) is 17.9 Å². The van der Waals surface area contributed by atoms with E-state index in [0.717, 1.165) is 83.9 Å². The van der Waals surface area contributed by atoms with E-state index in [1.807, 2.05) is 18.7 Å². The Kier molecular flexibility index (Phi) is 9.34. The number of nitrogens with one attached hydrogen (secondary N) is 2. The first kappa shape index (κ1) is 22.0. The number of likely N-dealkylation sites (tertiary alicyclic amines) is 2. The highest BCUT2D eigenvalue weighted by atomic mass is 16.3. The molecule has 0 atom stereocenters. The van der Waals surface area contributed by atoms with Gasteiger partial charge in [0.15, 0.2) is 5.96 Å². The zero-order valence-electron chi connectivity index (χ0n) is 17.4. The number of hydrogen-bond donors (Lipinski definition) is 3. The number of rotatable bonds is 7. The molecule has 0 aromatic carbocycles. The van der Waals surface area contributed by atoms with Crippen molar-refractivity contribution in [3.63, 3.8) is 0 Å². The third kappa shape index (κ3) is 7.66. The van der Waals surface area contributed by atoms with Crippen LogP contribution in [0.3, 0.4) is 0 Å². The molecule has 0 spiro atoms. The van der Waals surface area contributed by atoms with Crippen molar-refractivity contribution < 1.29 is 9.90 Å². The van der Waals surface area contributed by atoms with E-state index in [1.54, 1.807) is 0 Å². The average Bonchev–Trinajstić information content (AvgIpc) is 2.66. The maximum atomic E-state index is 12.1. The normalized spacial score (nSPS) is 20.9. The summed E-state index contributed by atoms with van der Waals surface area (Å²) in [7, 11) is 0. The minimum absolute atomic E-state index is 0.0801. The molecular weight excluding hydrogens is 342 g/mol. The molecule has 0 bridgehead atoms. The average molecular weight is 382 g/mol. The zero-order valence-corrected chi connectivity index (χ0v) is 17.4. The fraction of sp³-hybridized carbons (Fsp3) is 0.900. The van der Waals surface area contributed by atoms with Gasteiger partial charge in [0.05, 0.1) is 6.10 Å². The number of aliphatic hydroxyl groups is 1. The standard InChI is InChI=1S/C20H39N5O2/c1-4-21-20(22-10-5-11-24-12-8-18(26)9-13-24)23-17-6-14-25(15-7-17)19(27)16(2)3/h16-18,26H,4-15H2,1-3H3,(H2,21,22,23). The van der Waals surface area contributed by atoms with Gasteiger partial charge in [-0.25, -0.2) is 0 Å². The molecule has 27 heavy (non-hydrogen) atoms. The summed E-state index contributed by atoms with van der Waals surface area (Å²) in [5.74, 6) is 1.23. The summed E-state index contributed by atoms with van der Waals surface area (Å²) in [6.07, 6.45) is 4.66. The van der Waals surface area contributed by atoms with Gasteiger partial charge in [0.2, 0.25) is 5.91 Å². The molecule has 156 valence electrons. The number of carbonyl (C=O) groups excluding carboxylic acids is 1. The molecule has 0 aromatic rings. The van der Waals surface area contributed by atoms with Crippen LogP contribution in [-0.4, -0.2) is 84.7 Å². The van der Waals surface area contributed by atoms with Gasteiger partial charge in [0, 0.05) is 51.2 Å². The van der Waals surface area contributed by atoms with Crippen LogP contribution in [0.15, 0.2) is 4.99 Å². The Hall–Kier alpha value is -1.34. The summed E-state index contributed by atoms with van der Waals surface area (Å²) in [5, 5.41) is 16.5. The number of guanidine groups is 1. The fourth-order valence-electron chi connectivity index (χ4n) is 3.75. The van der Waals surface area contributed by atoms with Gasteiger partial charge in [0.1, 0.15) is 0 Å². The van der Waals surface area contributed by atoms with Crippen LogP contribution in [0.4, 0.5) is 0 Å². The van der Waals surface area contributed by atoms with Gasteiger partial charge < -0.3 is 25.5 Å². The predicted octanol–water partition coefficient (Wildman–Crippen LogP) is 1.04. The Labute approximate surface area is 164 Å². The van der Waals surface area contributed by atoms with Crippen LogP contribution >= 0.6 is 0 Å². The van der Waals surface area contributed by atoms with Crippen LogP contribution in [0.25, 0.3) is 0 Å². The lowest BCUT2D eigenvalue weighted by Gasteiger charge is -2.34. The van der Waals surface area contributed by atoms with Gasteiger partial charge in [-0.2, -0.15) is 0 Å². The third-order valence-corrected chi connectivity index (χ3v) is 5.45. The number of carbonyl (C=O) groups is 1. The zero-order chi connectivity index (χ0) is 19.6. The highest BCUT2D eigenvalue weighted by Gasteiger charge is 2.24. The van der Waals surface area contributed by atoms with Crippen molar-refractivity contribution in [2.45, 2.75) is 65.0 Å². The molecule has 0 unspecified atom stereocenters. The van der Waals surface area contributed by atoms with Crippen molar-refractivity contribution in [3.05, 3.63) is 0 Å². The second-order valence-corrected chi connectivity index (χ2v) is 8.09. The first-order valence-corrected chi connectivity index (χ1v) is 10.7. The molecule has 0 aliphatic carbocycles. The lowest BCUT2D eigenvalue weighted by molar-refractivity contribution is -0.135. The van der Waals surface area contributed by atoms with E-state index in [9.17, 15) is 9.90 Å². The number of hydrogen-bond acceptors (Lipinski definition) is 4. The minimum atomic E-state index is -0.105. The van der Waals surface area contributed by atoms with Crippen molar-refractivity contribution in [1.82, 2.24) is 20.4 Å². The lowest BCUT2D eigenvalue weighted by Crippen LogP contribution is -2.50. The molecule has 2 fully saturated rings. The third-order valence-electron chi connectivity index (χ3n) is 5.45. The smallest absolute Gasteiger partial charge is 0.225 e. The lowest BCUT2D eigenvalue weighted by atomic mass is 10.0. The Bertz CT molecular complexity index is 467. The molecule has 3 N–H and O–H groups in total. The number of aliphatic imine (C=N–C) groups is 1. The Morgan fingerprint density at radius 3 is 2.41 bits per heavy atom. The predicted molar refractivity (Wildman–Crippen MR) is 110 cm³/mol. The second-order valence-electron chi connectivity index (χ2n) is 8.09. The number of piperidine rings is 2. The topological polar surface area (TPSA) is 80.2 Å². The molecule has 2 rings (SSSR count). The van der Waals surface area contributed by atoms with Gasteiger partial charge in [-0.05, 0) is 45.6 Å². The molecule has 1 amide bonds. The summed E-state index contributed by atoms with van der Waals surface area (Å²) >= 11 is 0. The van der Waals surface area contributed by atoms with Crippen LogP contribution in [-0.2, 0) is 4.79 Å². The molecule has 0 saturated carbocycles. The van der Waals surface area contributed by atoms with Gasteiger partial charge in [-0.15, -0.1) is 0 Å². The van der Waals surface area contributed by atoms with E-state index in [4.69, 9.17) is 4.99 Å². The fourth-order valence-corrected chi connectivity index (χ4v) is 3.75. The van der Waals surface area contributed by atoms with Crippen LogP contribution in [0.2, 0.25) is 0 Å². The minimum Gasteiger partial charge on any atom is -0.393 e. The van der Waals surface area contributed by atoms with E-state index >= 15 is 0 Å². The van der Waals surface area contributed by atoms with Crippen LogP contribution < -0.4 is 10.6 Å². The van der Waals surface area contributed by atoms with Crippen LogP contribution in [0.1, 0.15) is 52.9 Å². The van der Waals surface area contributed by atoms with Crippen molar-refractivity contribution >= 4 is 11.9 Å². The second kappa shape index (κ2) is 11.5. The number of aliphatic hydroxyl groups excluding tert-OH is 1. The molecule has 7 heteroatoms. The first-order chi connectivity index (χ1) is 13.0. The van der Waals surface area contributed by atoms with Gasteiger partial charge in [-0.1, -0.05) is 13.8 Å². The van der Waals surface area contributed by atoms with Crippen molar-refractivity contribution in [3.8, 4) is 0 Å². The van der Waals surface area contributed by atoms with E-state index in [0.29, 0.717) is 6.04 Å². The summed E-state index contributed by atoms with van der Waals surface area (Å²) in [5.41, 5.74) is 0. The SMILES string of the molecule is CCNC(=NCCCN1CCC(O)CC1)NC1CCN(C(=O)C(C)C)CC1. The number of nitrogens with zero attached hydrogens (tertiary/aromatic N) is 3. The molecule has 0 radical (unpaired) electrons. The quantitative estimate of drug-likeness (QED) is 0.349. The maximum absolute atomic E-state index is 12.1. The summed E-state index contributed by atoms with van der Waals surface area (Å²) in [6, 6.07) is 0.377. The summed E-state index contributed by atoms with van der Waals surface area (Å²) in [6.45, 7) is 12.4. The van der Waals surface area contributed by atoms with Crippen molar-refractivity contribution in [2.24, 2.45) is 10.9 Å². The highest BCUT2D eigenvalue weighted by molar-refractivity contribution is 5.80. The molecule has 2 saturated heterocycles. The van der Waals surface area contributed by atoms with E-state index in [2.05, 4.69) is 22.5 Å². The Morgan fingerprint density at radius 2 is 1.81 bits per heavy atom.